The summed E-state index contributed by atoms with van der Waals surface area (Å²) in [5.74, 6) is -0.962. The van der Waals surface area contributed by atoms with E-state index in [0.717, 1.165) is 24.8 Å². The standard InChI is InChI=1S/C18H22N2O3/c1-13-6-8-15(9-7-13)17(22)23-14(2)16(21)20-18(12-19)10-4-3-5-11-18/h6-9,14H,3-5,10-11H2,1-2H3,(H,20,21)/t14-/m0/s1. The van der Waals surface area contributed by atoms with Gasteiger partial charge in [-0.05, 0) is 38.8 Å². The topological polar surface area (TPSA) is 79.2 Å². The summed E-state index contributed by atoms with van der Waals surface area (Å²) >= 11 is 0. The van der Waals surface area contributed by atoms with Gasteiger partial charge in [0, 0.05) is 0 Å². The molecule has 122 valence electrons. The monoisotopic (exact) mass is 314 g/mol. The quantitative estimate of drug-likeness (QED) is 0.867. The average molecular weight is 314 g/mol. The van der Waals surface area contributed by atoms with E-state index in [1.807, 2.05) is 19.1 Å². The minimum atomic E-state index is -0.934. The van der Waals surface area contributed by atoms with Gasteiger partial charge in [-0.1, -0.05) is 37.0 Å². The first-order chi connectivity index (χ1) is 11.0. The van der Waals surface area contributed by atoms with Crippen LogP contribution in [0.15, 0.2) is 24.3 Å². The van der Waals surface area contributed by atoms with Gasteiger partial charge in [0.25, 0.3) is 5.91 Å². The highest BCUT2D eigenvalue weighted by molar-refractivity contribution is 5.92. The largest absolute Gasteiger partial charge is 0.449 e. The van der Waals surface area contributed by atoms with E-state index in [1.54, 1.807) is 12.1 Å². The lowest BCUT2D eigenvalue weighted by molar-refractivity contribution is -0.130. The van der Waals surface area contributed by atoms with E-state index in [2.05, 4.69) is 11.4 Å². The first kappa shape index (κ1) is 17.0. The molecule has 1 saturated carbocycles. The van der Waals surface area contributed by atoms with Crippen molar-refractivity contribution in [3.63, 3.8) is 0 Å². The first-order valence-corrected chi connectivity index (χ1v) is 7.97. The second-order valence-electron chi connectivity index (χ2n) is 6.16. The number of aryl methyl sites for hydroxylation is 1. The van der Waals surface area contributed by atoms with Crippen molar-refractivity contribution in [2.75, 3.05) is 0 Å². The molecule has 0 bridgehead atoms. The van der Waals surface area contributed by atoms with E-state index in [0.29, 0.717) is 18.4 Å². The average Bonchev–Trinajstić information content (AvgIpc) is 2.56. The van der Waals surface area contributed by atoms with Gasteiger partial charge in [-0.2, -0.15) is 5.26 Å². The molecule has 2 rings (SSSR count). The van der Waals surface area contributed by atoms with Crippen LogP contribution in [0, 0.1) is 18.3 Å². The van der Waals surface area contributed by atoms with Crippen LogP contribution < -0.4 is 5.32 Å². The highest BCUT2D eigenvalue weighted by Gasteiger charge is 2.35. The molecule has 5 heteroatoms. The van der Waals surface area contributed by atoms with Crippen molar-refractivity contribution in [2.45, 2.75) is 57.6 Å². The molecular formula is C18H22N2O3. The molecule has 1 aromatic carbocycles. The van der Waals surface area contributed by atoms with Crippen LogP contribution in [-0.4, -0.2) is 23.5 Å². The second-order valence-corrected chi connectivity index (χ2v) is 6.16. The minimum Gasteiger partial charge on any atom is -0.449 e. The number of carbonyl (C=O) groups is 2. The van der Waals surface area contributed by atoms with Crippen molar-refractivity contribution in [1.82, 2.24) is 5.32 Å². The van der Waals surface area contributed by atoms with Crippen molar-refractivity contribution in [2.24, 2.45) is 0 Å². The summed E-state index contributed by atoms with van der Waals surface area (Å²) in [6.07, 6.45) is 3.28. The Morgan fingerprint density at radius 1 is 1.22 bits per heavy atom. The van der Waals surface area contributed by atoms with Crippen LogP contribution in [0.3, 0.4) is 0 Å². The van der Waals surface area contributed by atoms with Gasteiger partial charge in [-0.15, -0.1) is 0 Å². The predicted octanol–water partition coefficient (Wildman–Crippen LogP) is 2.88. The molecule has 1 amide bonds. The van der Waals surface area contributed by atoms with Gasteiger partial charge in [0.1, 0.15) is 5.54 Å². The lowest BCUT2D eigenvalue weighted by atomic mass is 9.83. The van der Waals surface area contributed by atoms with E-state index >= 15 is 0 Å². The summed E-state index contributed by atoms with van der Waals surface area (Å²) < 4.78 is 5.21. The fraction of sp³-hybridized carbons (Fsp3) is 0.500. The number of ether oxygens (including phenoxy) is 1. The van der Waals surface area contributed by atoms with Gasteiger partial charge < -0.3 is 10.1 Å². The Morgan fingerprint density at radius 3 is 2.39 bits per heavy atom. The van der Waals surface area contributed by atoms with Crippen molar-refractivity contribution < 1.29 is 14.3 Å². The van der Waals surface area contributed by atoms with Gasteiger partial charge in [-0.25, -0.2) is 4.79 Å². The molecular weight excluding hydrogens is 292 g/mol. The van der Waals surface area contributed by atoms with Crippen LogP contribution in [0.4, 0.5) is 0 Å². The van der Waals surface area contributed by atoms with Crippen LogP contribution in [0.25, 0.3) is 0 Å². The molecule has 5 nitrogen and oxygen atoms in total. The number of benzene rings is 1. The molecule has 1 N–H and O–H groups in total. The van der Waals surface area contributed by atoms with Crippen LogP contribution in [0.5, 0.6) is 0 Å². The third-order valence-electron chi connectivity index (χ3n) is 4.22. The Kier molecular flexibility index (Phi) is 5.38. The lowest BCUT2D eigenvalue weighted by Crippen LogP contribution is -2.52. The van der Waals surface area contributed by atoms with E-state index in [9.17, 15) is 14.9 Å². The number of esters is 1. The number of carbonyl (C=O) groups excluding carboxylic acids is 2. The predicted molar refractivity (Wildman–Crippen MR) is 85.6 cm³/mol. The number of nitrogens with zero attached hydrogens (tertiary/aromatic N) is 1. The van der Waals surface area contributed by atoms with E-state index in [4.69, 9.17) is 4.74 Å². The van der Waals surface area contributed by atoms with Gasteiger partial charge in [-0.3, -0.25) is 4.79 Å². The van der Waals surface area contributed by atoms with Crippen LogP contribution in [0.1, 0.15) is 54.9 Å². The number of nitriles is 1. The molecule has 1 atom stereocenters. The van der Waals surface area contributed by atoms with E-state index in [1.165, 1.54) is 6.92 Å². The molecule has 23 heavy (non-hydrogen) atoms. The summed E-state index contributed by atoms with van der Waals surface area (Å²) in [6.45, 7) is 3.45. The number of nitrogens with one attached hydrogen (secondary N) is 1. The first-order valence-electron chi connectivity index (χ1n) is 7.97. The summed E-state index contributed by atoms with van der Waals surface area (Å²) in [4.78, 5) is 24.3. The fourth-order valence-corrected chi connectivity index (χ4v) is 2.73. The van der Waals surface area contributed by atoms with Crippen LogP contribution in [-0.2, 0) is 9.53 Å². The van der Waals surface area contributed by atoms with Crippen LogP contribution >= 0.6 is 0 Å². The lowest BCUT2D eigenvalue weighted by Gasteiger charge is -2.32. The van der Waals surface area contributed by atoms with Crippen molar-refractivity contribution in [3.8, 4) is 6.07 Å². The zero-order valence-corrected chi connectivity index (χ0v) is 13.6. The van der Waals surface area contributed by atoms with Gasteiger partial charge in [0.2, 0.25) is 0 Å². The van der Waals surface area contributed by atoms with Gasteiger partial charge in [0.15, 0.2) is 6.10 Å². The second kappa shape index (κ2) is 7.28. The molecule has 0 saturated heterocycles. The highest BCUT2D eigenvalue weighted by Crippen LogP contribution is 2.27. The van der Waals surface area contributed by atoms with Crippen molar-refractivity contribution in [3.05, 3.63) is 35.4 Å². The number of hydrogen-bond donors (Lipinski definition) is 1. The number of rotatable bonds is 4. The Hall–Kier alpha value is -2.35. The molecule has 0 radical (unpaired) electrons. The zero-order chi connectivity index (χ0) is 16.9. The Morgan fingerprint density at radius 2 is 1.83 bits per heavy atom. The molecule has 1 aliphatic carbocycles. The van der Waals surface area contributed by atoms with E-state index < -0.39 is 23.5 Å². The zero-order valence-electron chi connectivity index (χ0n) is 13.6. The summed E-state index contributed by atoms with van der Waals surface area (Å²) in [7, 11) is 0. The maximum Gasteiger partial charge on any atom is 0.338 e. The number of amides is 1. The molecule has 0 aromatic heterocycles. The molecule has 1 aromatic rings. The third-order valence-corrected chi connectivity index (χ3v) is 4.22. The van der Waals surface area contributed by atoms with Gasteiger partial charge in [0.05, 0.1) is 11.6 Å². The molecule has 0 aliphatic heterocycles. The van der Waals surface area contributed by atoms with E-state index in [-0.39, 0.29) is 0 Å². The maximum atomic E-state index is 12.3. The van der Waals surface area contributed by atoms with Crippen molar-refractivity contribution in [1.29, 1.82) is 5.26 Å². The SMILES string of the molecule is Cc1ccc(C(=O)O[C@@H](C)C(=O)NC2(C#N)CCCCC2)cc1. The Labute approximate surface area is 136 Å². The summed E-state index contributed by atoms with van der Waals surface area (Å²) in [5.41, 5.74) is 0.628. The Balaban J connectivity index is 1.95. The molecule has 0 spiro atoms. The fourth-order valence-electron chi connectivity index (χ4n) is 2.73. The molecule has 0 unspecified atom stereocenters. The normalized spacial score (nSPS) is 17.6. The third kappa shape index (κ3) is 4.32. The number of hydrogen-bond acceptors (Lipinski definition) is 4. The smallest absolute Gasteiger partial charge is 0.338 e. The maximum absolute atomic E-state index is 12.3. The van der Waals surface area contributed by atoms with Crippen LogP contribution in [0.2, 0.25) is 0 Å². The summed E-state index contributed by atoms with van der Waals surface area (Å²) in [5, 5.41) is 12.2. The van der Waals surface area contributed by atoms with Gasteiger partial charge >= 0.3 is 5.97 Å². The summed E-state index contributed by atoms with van der Waals surface area (Å²) in [6, 6.07) is 9.18. The Bertz CT molecular complexity index is 610. The van der Waals surface area contributed by atoms with Crippen molar-refractivity contribution >= 4 is 11.9 Å². The molecule has 0 heterocycles. The highest BCUT2D eigenvalue weighted by atomic mass is 16.5. The molecule has 1 fully saturated rings. The molecule has 1 aliphatic rings. The minimum absolute atomic E-state index is 0.405.